The van der Waals surface area contributed by atoms with Gasteiger partial charge >= 0.3 is 0 Å². The highest BCUT2D eigenvalue weighted by atomic mass is 79.9. The van der Waals surface area contributed by atoms with Gasteiger partial charge in [-0.05, 0) is 37.6 Å². The molecule has 0 aliphatic carbocycles. The highest BCUT2D eigenvalue weighted by Crippen LogP contribution is 2.26. The SMILES string of the molecule is Cc1ccc(C(=O)Nc2nc(C)c(Cl)cc2Cl)cc1Br. The van der Waals surface area contributed by atoms with Gasteiger partial charge in [0.05, 0.1) is 15.7 Å². The van der Waals surface area contributed by atoms with Gasteiger partial charge in [0.1, 0.15) is 0 Å². The summed E-state index contributed by atoms with van der Waals surface area (Å²) in [5, 5.41) is 3.45. The standard InChI is InChI=1S/C14H11BrCl2N2O/c1-7-3-4-9(5-10(7)15)14(20)19-13-12(17)6-11(16)8(2)18-13/h3-6H,1-2H3,(H,18,19,20). The van der Waals surface area contributed by atoms with Crippen LogP contribution in [0, 0.1) is 13.8 Å². The van der Waals surface area contributed by atoms with Crippen molar-refractivity contribution < 1.29 is 4.79 Å². The third-order valence-electron chi connectivity index (χ3n) is 2.77. The summed E-state index contributed by atoms with van der Waals surface area (Å²) in [6.07, 6.45) is 0. The Hall–Kier alpha value is -1.10. The zero-order valence-corrected chi connectivity index (χ0v) is 13.9. The number of anilines is 1. The average molecular weight is 374 g/mol. The molecule has 1 heterocycles. The summed E-state index contributed by atoms with van der Waals surface area (Å²) in [5.41, 5.74) is 2.18. The predicted octanol–water partition coefficient (Wildman–Crippen LogP) is 5.02. The van der Waals surface area contributed by atoms with Crippen molar-refractivity contribution in [3.63, 3.8) is 0 Å². The minimum absolute atomic E-state index is 0.276. The summed E-state index contributed by atoms with van der Waals surface area (Å²) < 4.78 is 0.872. The number of nitrogens with one attached hydrogen (secondary N) is 1. The van der Waals surface area contributed by atoms with Crippen molar-refractivity contribution in [2.75, 3.05) is 5.32 Å². The zero-order chi connectivity index (χ0) is 14.9. The van der Waals surface area contributed by atoms with Crippen molar-refractivity contribution >= 4 is 50.9 Å². The molecule has 0 saturated carbocycles. The van der Waals surface area contributed by atoms with Crippen molar-refractivity contribution in [3.8, 4) is 0 Å². The number of rotatable bonds is 2. The van der Waals surface area contributed by atoms with Gasteiger partial charge in [-0.25, -0.2) is 4.98 Å². The lowest BCUT2D eigenvalue weighted by Gasteiger charge is -2.09. The van der Waals surface area contributed by atoms with E-state index in [1.807, 2.05) is 13.0 Å². The fourth-order valence-corrected chi connectivity index (χ4v) is 2.34. The van der Waals surface area contributed by atoms with Gasteiger partial charge in [-0.15, -0.1) is 0 Å². The Morgan fingerprint density at radius 1 is 1.20 bits per heavy atom. The van der Waals surface area contributed by atoms with Crippen LogP contribution in [-0.4, -0.2) is 10.9 Å². The highest BCUT2D eigenvalue weighted by molar-refractivity contribution is 9.10. The van der Waals surface area contributed by atoms with Gasteiger partial charge in [-0.3, -0.25) is 4.79 Å². The second-order valence-electron chi connectivity index (χ2n) is 4.30. The van der Waals surface area contributed by atoms with Crippen LogP contribution in [0.1, 0.15) is 21.6 Å². The van der Waals surface area contributed by atoms with E-state index in [2.05, 4.69) is 26.2 Å². The maximum atomic E-state index is 12.2. The lowest BCUT2D eigenvalue weighted by molar-refractivity contribution is 0.102. The van der Waals surface area contributed by atoms with Crippen LogP contribution in [0.25, 0.3) is 0 Å². The molecule has 2 aromatic rings. The van der Waals surface area contributed by atoms with Gasteiger partial charge in [-0.2, -0.15) is 0 Å². The first-order chi connectivity index (χ1) is 9.38. The van der Waals surface area contributed by atoms with E-state index in [1.165, 1.54) is 0 Å². The molecule has 0 bridgehead atoms. The van der Waals surface area contributed by atoms with Crippen LogP contribution in [0.3, 0.4) is 0 Å². The van der Waals surface area contributed by atoms with E-state index in [9.17, 15) is 4.79 Å². The third-order valence-corrected chi connectivity index (χ3v) is 4.30. The maximum Gasteiger partial charge on any atom is 0.256 e. The molecule has 20 heavy (non-hydrogen) atoms. The normalized spacial score (nSPS) is 10.4. The molecule has 1 amide bonds. The van der Waals surface area contributed by atoms with E-state index in [1.54, 1.807) is 25.1 Å². The van der Waals surface area contributed by atoms with Crippen LogP contribution in [0.5, 0.6) is 0 Å². The Labute approximate surface area is 135 Å². The number of benzene rings is 1. The van der Waals surface area contributed by atoms with Crippen molar-refractivity contribution in [1.82, 2.24) is 4.98 Å². The smallest absolute Gasteiger partial charge is 0.256 e. The number of carbonyl (C=O) groups excluding carboxylic acids is 1. The van der Waals surface area contributed by atoms with Gasteiger partial charge in [0.15, 0.2) is 5.82 Å². The van der Waals surface area contributed by atoms with Gasteiger partial charge in [0, 0.05) is 10.0 Å². The number of carbonyl (C=O) groups is 1. The van der Waals surface area contributed by atoms with Crippen LogP contribution in [0.4, 0.5) is 5.82 Å². The molecule has 0 atom stereocenters. The average Bonchev–Trinajstić information content (AvgIpc) is 2.39. The lowest BCUT2D eigenvalue weighted by atomic mass is 10.1. The van der Waals surface area contributed by atoms with E-state index < -0.39 is 0 Å². The molecule has 0 aliphatic heterocycles. The first-order valence-corrected chi connectivity index (χ1v) is 7.33. The Bertz CT molecular complexity index is 689. The van der Waals surface area contributed by atoms with Crippen molar-refractivity contribution in [3.05, 3.63) is 55.6 Å². The molecule has 0 saturated heterocycles. The number of hydrogen-bond donors (Lipinski definition) is 1. The van der Waals surface area contributed by atoms with E-state index >= 15 is 0 Å². The second-order valence-corrected chi connectivity index (χ2v) is 5.97. The summed E-state index contributed by atoms with van der Waals surface area (Å²) in [5.74, 6) is 0.0251. The van der Waals surface area contributed by atoms with Crippen molar-refractivity contribution in [2.24, 2.45) is 0 Å². The summed E-state index contributed by atoms with van der Waals surface area (Å²) in [4.78, 5) is 16.3. The Morgan fingerprint density at radius 3 is 2.55 bits per heavy atom. The Balaban J connectivity index is 2.27. The molecule has 3 nitrogen and oxygen atoms in total. The number of aromatic nitrogens is 1. The van der Waals surface area contributed by atoms with Gasteiger partial charge < -0.3 is 5.32 Å². The first kappa shape index (κ1) is 15.3. The largest absolute Gasteiger partial charge is 0.305 e. The van der Waals surface area contributed by atoms with Crippen molar-refractivity contribution in [1.29, 1.82) is 0 Å². The molecule has 0 fully saturated rings. The van der Waals surface area contributed by atoms with E-state index in [4.69, 9.17) is 23.2 Å². The number of amides is 1. The Morgan fingerprint density at radius 2 is 1.90 bits per heavy atom. The minimum atomic E-state index is -0.276. The molecule has 0 radical (unpaired) electrons. The molecule has 1 N–H and O–H groups in total. The van der Waals surface area contributed by atoms with Crippen LogP contribution in [-0.2, 0) is 0 Å². The van der Waals surface area contributed by atoms with Crippen LogP contribution < -0.4 is 5.32 Å². The summed E-state index contributed by atoms with van der Waals surface area (Å²) >= 11 is 15.3. The summed E-state index contributed by atoms with van der Waals surface area (Å²) in [7, 11) is 0. The first-order valence-electron chi connectivity index (χ1n) is 5.78. The minimum Gasteiger partial charge on any atom is -0.305 e. The highest BCUT2D eigenvalue weighted by Gasteiger charge is 2.12. The third kappa shape index (κ3) is 3.32. The Kier molecular flexibility index (Phi) is 4.68. The molecule has 1 aromatic heterocycles. The lowest BCUT2D eigenvalue weighted by Crippen LogP contribution is -2.14. The van der Waals surface area contributed by atoms with Crippen LogP contribution in [0.15, 0.2) is 28.7 Å². The van der Waals surface area contributed by atoms with Gasteiger partial charge in [-0.1, -0.05) is 45.2 Å². The number of pyridine rings is 1. The van der Waals surface area contributed by atoms with Gasteiger partial charge in [0.25, 0.3) is 5.91 Å². The topological polar surface area (TPSA) is 42.0 Å². The molecular weight excluding hydrogens is 363 g/mol. The zero-order valence-electron chi connectivity index (χ0n) is 10.8. The summed E-state index contributed by atoms with van der Waals surface area (Å²) in [6, 6.07) is 6.92. The van der Waals surface area contributed by atoms with Crippen LogP contribution >= 0.6 is 39.1 Å². The summed E-state index contributed by atoms with van der Waals surface area (Å²) in [6.45, 7) is 3.70. The van der Waals surface area contributed by atoms with E-state index in [0.717, 1.165) is 10.0 Å². The number of halogens is 3. The molecule has 1 aromatic carbocycles. The van der Waals surface area contributed by atoms with E-state index in [0.29, 0.717) is 27.1 Å². The molecule has 6 heteroatoms. The fraction of sp³-hybridized carbons (Fsp3) is 0.143. The molecule has 0 spiro atoms. The number of nitrogens with zero attached hydrogens (tertiary/aromatic N) is 1. The van der Waals surface area contributed by atoms with Gasteiger partial charge in [0.2, 0.25) is 0 Å². The number of aryl methyl sites for hydroxylation is 2. The maximum absolute atomic E-state index is 12.2. The quantitative estimate of drug-likeness (QED) is 0.802. The molecular formula is C14H11BrCl2N2O. The fourth-order valence-electron chi connectivity index (χ4n) is 1.56. The van der Waals surface area contributed by atoms with Crippen molar-refractivity contribution in [2.45, 2.75) is 13.8 Å². The monoisotopic (exact) mass is 372 g/mol. The molecule has 0 unspecified atom stereocenters. The molecule has 104 valence electrons. The second kappa shape index (κ2) is 6.12. The number of hydrogen-bond acceptors (Lipinski definition) is 2. The molecule has 0 aliphatic rings. The molecule has 2 rings (SSSR count). The van der Waals surface area contributed by atoms with Crippen LogP contribution in [0.2, 0.25) is 10.0 Å². The van der Waals surface area contributed by atoms with E-state index in [-0.39, 0.29) is 5.91 Å². The predicted molar refractivity (Wildman–Crippen MR) is 85.8 cm³/mol.